The van der Waals surface area contributed by atoms with E-state index < -0.39 is 4.92 Å². The Kier molecular flexibility index (Phi) is 6.32. The van der Waals surface area contributed by atoms with Gasteiger partial charge in [-0.2, -0.15) is 0 Å². The number of ether oxygens (including phenoxy) is 1. The summed E-state index contributed by atoms with van der Waals surface area (Å²) in [6, 6.07) is 15.5. The van der Waals surface area contributed by atoms with E-state index in [1.165, 1.54) is 42.0 Å². The fourth-order valence-electron chi connectivity index (χ4n) is 3.38. The first-order chi connectivity index (χ1) is 15.9. The van der Waals surface area contributed by atoms with Crippen LogP contribution in [-0.2, 0) is 11.2 Å². The maximum atomic E-state index is 12.8. The van der Waals surface area contributed by atoms with Crippen LogP contribution in [0.25, 0.3) is 17.4 Å². The van der Waals surface area contributed by atoms with Gasteiger partial charge in [-0.1, -0.05) is 25.1 Å². The molecule has 0 radical (unpaired) electrons. The zero-order valence-electron chi connectivity index (χ0n) is 18.3. The Morgan fingerprint density at radius 3 is 2.73 bits per heavy atom. The summed E-state index contributed by atoms with van der Waals surface area (Å²) in [4.78, 5) is 30.1. The van der Waals surface area contributed by atoms with E-state index in [1.807, 2.05) is 24.3 Å². The summed E-state index contributed by atoms with van der Waals surface area (Å²) in [5.74, 6) is 1.11. The van der Waals surface area contributed by atoms with E-state index in [1.54, 1.807) is 25.3 Å². The molecule has 33 heavy (non-hydrogen) atoms. The fraction of sp³-hybridized carbons (Fsp3) is 0.167. The predicted molar refractivity (Wildman–Crippen MR) is 129 cm³/mol. The highest BCUT2D eigenvalue weighted by Crippen LogP contribution is 2.37. The molecule has 2 aromatic carbocycles. The Bertz CT molecular complexity index is 1290. The number of benzene rings is 2. The fourth-order valence-corrected chi connectivity index (χ4v) is 4.34. The minimum atomic E-state index is -0.476. The van der Waals surface area contributed by atoms with Crippen LogP contribution in [-0.4, -0.2) is 35.1 Å². The summed E-state index contributed by atoms with van der Waals surface area (Å²) in [6.45, 7) is 2.06. The van der Waals surface area contributed by atoms with Gasteiger partial charge in [0.15, 0.2) is 5.17 Å². The standard InChI is InChI=1S/C24H21N3O5S/c1-4-15-7-5-6-8-19(15)25-24-26(2)23(28)22(33-24)14-17-10-12-21(32-17)18-13-16(27(29)30)9-11-20(18)31-3/h5-14H,4H2,1-3H3/b22-14+,25-24?. The van der Waals surface area contributed by atoms with Crippen LogP contribution in [0.3, 0.4) is 0 Å². The maximum Gasteiger partial charge on any atom is 0.270 e. The first-order valence-electron chi connectivity index (χ1n) is 10.2. The largest absolute Gasteiger partial charge is 0.496 e. The number of amides is 1. The number of methoxy groups -OCH3 is 1. The topological polar surface area (TPSA) is 98.2 Å². The van der Waals surface area contributed by atoms with Crippen LogP contribution in [0.4, 0.5) is 11.4 Å². The number of aliphatic imine (C=N–C) groups is 1. The third-order valence-corrected chi connectivity index (χ3v) is 6.21. The highest BCUT2D eigenvalue weighted by Gasteiger charge is 2.31. The molecular weight excluding hydrogens is 442 g/mol. The molecule has 9 heteroatoms. The number of aryl methyl sites for hydroxylation is 1. The summed E-state index contributed by atoms with van der Waals surface area (Å²) < 4.78 is 11.2. The number of non-ortho nitro benzene ring substituents is 1. The van der Waals surface area contributed by atoms with Crippen LogP contribution in [0.5, 0.6) is 5.75 Å². The van der Waals surface area contributed by atoms with E-state index in [-0.39, 0.29) is 11.6 Å². The molecule has 0 unspecified atom stereocenters. The lowest BCUT2D eigenvalue weighted by Gasteiger charge is -2.08. The Balaban J connectivity index is 1.64. The molecule has 1 aliphatic heterocycles. The molecule has 4 rings (SSSR count). The van der Waals surface area contributed by atoms with Crippen LogP contribution in [0.15, 0.2) is 68.9 Å². The van der Waals surface area contributed by atoms with E-state index in [9.17, 15) is 14.9 Å². The Morgan fingerprint density at radius 1 is 1.21 bits per heavy atom. The predicted octanol–water partition coefficient (Wildman–Crippen LogP) is 5.66. The molecule has 0 bridgehead atoms. The average Bonchev–Trinajstić information content (AvgIpc) is 3.39. The highest BCUT2D eigenvalue weighted by molar-refractivity contribution is 8.18. The minimum Gasteiger partial charge on any atom is -0.496 e. The van der Waals surface area contributed by atoms with Crippen LogP contribution >= 0.6 is 11.8 Å². The monoisotopic (exact) mass is 463 g/mol. The number of nitro benzene ring substituents is 1. The molecule has 0 N–H and O–H groups in total. The normalized spacial score (nSPS) is 16.1. The molecule has 1 amide bonds. The van der Waals surface area contributed by atoms with E-state index in [0.29, 0.717) is 32.9 Å². The molecule has 1 fully saturated rings. The number of amidine groups is 1. The zero-order chi connectivity index (χ0) is 23.5. The number of likely N-dealkylation sites (N-methyl/N-ethyl adjacent to an activating group) is 1. The number of hydrogen-bond acceptors (Lipinski definition) is 7. The molecular formula is C24H21N3O5S. The smallest absolute Gasteiger partial charge is 0.270 e. The molecule has 1 aromatic heterocycles. The first-order valence-corrected chi connectivity index (χ1v) is 11.0. The van der Waals surface area contributed by atoms with Crippen molar-refractivity contribution in [2.45, 2.75) is 13.3 Å². The summed E-state index contributed by atoms with van der Waals surface area (Å²) in [5.41, 5.74) is 2.32. The lowest BCUT2D eigenvalue weighted by molar-refractivity contribution is -0.384. The molecule has 0 spiro atoms. The van der Waals surface area contributed by atoms with Gasteiger partial charge < -0.3 is 9.15 Å². The average molecular weight is 464 g/mol. The number of carbonyl (C=O) groups is 1. The third-order valence-electron chi connectivity index (χ3n) is 5.15. The summed E-state index contributed by atoms with van der Waals surface area (Å²) >= 11 is 1.27. The molecule has 1 aliphatic rings. The van der Waals surface area contributed by atoms with Crippen molar-refractivity contribution < 1.29 is 18.9 Å². The molecule has 0 atom stereocenters. The molecule has 0 saturated carbocycles. The van der Waals surface area contributed by atoms with Gasteiger partial charge in [0.2, 0.25) is 0 Å². The van der Waals surface area contributed by atoms with Crippen molar-refractivity contribution in [1.82, 2.24) is 4.90 Å². The van der Waals surface area contributed by atoms with Crippen molar-refractivity contribution in [2.24, 2.45) is 4.99 Å². The van der Waals surface area contributed by atoms with Gasteiger partial charge in [-0.25, -0.2) is 4.99 Å². The molecule has 0 aliphatic carbocycles. The van der Waals surface area contributed by atoms with E-state index in [0.717, 1.165) is 17.7 Å². The Morgan fingerprint density at radius 2 is 2.00 bits per heavy atom. The number of hydrogen-bond donors (Lipinski definition) is 0. The van der Waals surface area contributed by atoms with Gasteiger partial charge in [0.05, 0.1) is 28.2 Å². The number of para-hydroxylation sites is 1. The number of rotatable bonds is 6. The molecule has 168 valence electrons. The van der Waals surface area contributed by atoms with Gasteiger partial charge in [0, 0.05) is 25.3 Å². The molecule has 8 nitrogen and oxygen atoms in total. The molecule has 3 aromatic rings. The van der Waals surface area contributed by atoms with E-state index >= 15 is 0 Å². The lowest BCUT2D eigenvalue weighted by Crippen LogP contribution is -2.23. The number of furan rings is 1. The summed E-state index contributed by atoms with van der Waals surface area (Å²) in [6.07, 6.45) is 2.49. The van der Waals surface area contributed by atoms with Gasteiger partial charge in [-0.05, 0) is 48.0 Å². The van der Waals surface area contributed by atoms with Crippen LogP contribution in [0.1, 0.15) is 18.2 Å². The van der Waals surface area contributed by atoms with Crippen LogP contribution in [0.2, 0.25) is 0 Å². The second kappa shape index (κ2) is 9.33. The number of carbonyl (C=O) groups excluding carboxylic acids is 1. The number of nitrogens with zero attached hydrogens (tertiary/aromatic N) is 3. The van der Waals surface area contributed by atoms with Crippen molar-refractivity contribution in [3.63, 3.8) is 0 Å². The van der Waals surface area contributed by atoms with Crippen molar-refractivity contribution in [3.05, 3.63) is 80.9 Å². The quantitative estimate of drug-likeness (QED) is 0.266. The second-order valence-corrected chi connectivity index (χ2v) is 8.20. The van der Waals surface area contributed by atoms with Gasteiger partial charge in [-0.15, -0.1) is 0 Å². The first kappa shape index (κ1) is 22.3. The summed E-state index contributed by atoms with van der Waals surface area (Å²) in [7, 11) is 3.17. The Hall–Kier alpha value is -3.85. The highest BCUT2D eigenvalue weighted by atomic mass is 32.2. The molecule has 1 saturated heterocycles. The van der Waals surface area contributed by atoms with E-state index in [2.05, 4.69) is 11.9 Å². The minimum absolute atomic E-state index is 0.0709. The maximum absolute atomic E-state index is 12.8. The van der Waals surface area contributed by atoms with Crippen molar-refractivity contribution in [2.75, 3.05) is 14.2 Å². The lowest BCUT2D eigenvalue weighted by atomic mass is 10.1. The number of nitro groups is 1. The van der Waals surface area contributed by atoms with Gasteiger partial charge >= 0.3 is 0 Å². The van der Waals surface area contributed by atoms with Gasteiger partial charge in [0.1, 0.15) is 17.3 Å². The van der Waals surface area contributed by atoms with Gasteiger partial charge in [0.25, 0.3) is 11.6 Å². The van der Waals surface area contributed by atoms with Crippen LogP contribution < -0.4 is 4.74 Å². The van der Waals surface area contributed by atoms with E-state index in [4.69, 9.17) is 9.15 Å². The third kappa shape index (κ3) is 4.54. The second-order valence-electron chi connectivity index (χ2n) is 7.20. The van der Waals surface area contributed by atoms with Crippen molar-refractivity contribution in [3.8, 4) is 17.1 Å². The Labute approximate surface area is 194 Å². The molecule has 2 heterocycles. The number of thioether (sulfide) groups is 1. The SMILES string of the molecule is CCc1ccccc1N=C1S/C(=C/c2ccc(-c3cc([N+](=O)[O-])ccc3OC)o2)C(=O)N1C. The van der Waals surface area contributed by atoms with Crippen molar-refractivity contribution >= 4 is 40.3 Å². The summed E-state index contributed by atoms with van der Waals surface area (Å²) in [5, 5.41) is 11.7. The van der Waals surface area contributed by atoms with Crippen LogP contribution in [0, 0.1) is 10.1 Å². The van der Waals surface area contributed by atoms with Gasteiger partial charge in [-0.3, -0.25) is 19.8 Å². The van der Waals surface area contributed by atoms with Crippen molar-refractivity contribution in [1.29, 1.82) is 0 Å². The zero-order valence-corrected chi connectivity index (χ0v) is 19.1.